The third kappa shape index (κ3) is 6.83. The van der Waals surface area contributed by atoms with E-state index in [0.717, 1.165) is 0 Å². The number of sulfonamides is 1. The minimum absolute atomic E-state index is 0.0318. The minimum Gasteiger partial charge on any atom is -0.395 e. The van der Waals surface area contributed by atoms with Crippen LogP contribution < -0.4 is 4.72 Å². The van der Waals surface area contributed by atoms with Gasteiger partial charge in [-0.2, -0.15) is 0 Å². The van der Waals surface area contributed by atoms with Gasteiger partial charge < -0.3 is 9.84 Å². The summed E-state index contributed by atoms with van der Waals surface area (Å²) in [5.41, 5.74) is 0. The van der Waals surface area contributed by atoms with Gasteiger partial charge in [-0.1, -0.05) is 13.8 Å². The molecule has 15 heavy (non-hydrogen) atoms. The Bertz CT molecular complexity index is 251. The van der Waals surface area contributed by atoms with Crippen molar-refractivity contribution in [3.63, 3.8) is 0 Å². The zero-order chi connectivity index (χ0) is 11.9. The fourth-order valence-electron chi connectivity index (χ4n) is 1.07. The number of hydrogen-bond acceptors (Lipinski definition) is 4. The fraction of sp³-hybridized carbons (Fsp3) is 1.00. The average molecular weight is 239 g/mol. The molecule has 0 aliphatic rings. The summed E-state index contributed by atoms with van der Waals surface area (Å²) in [6, 6.07) is -0.405. The number of ether oxygens (including phenoxy) is 1. The van der Waals surface area contributed by atoms with Crippen LogP contribution in [0.3, 0.4) is 0 Å². The van der Waals surface area contributed by atoms with Crippen LogP contribution in [-0.4, -0.2) is 45.6 Å². The van der Waals surface area contributed by atoms with Gasteiger partial charge in [0.15, 0.2) is 0 Å². The highest BCUT2D eigenvalue weighted by molar-refractivity contribution is 7.89. The molecular formula is C9H21NO4S. The van der Waals surface area contributed by atoms with E-state index in [1.807, 2.05) is 13.8 Å². The summed E-state index contributed by atoms with van der Waals surface area (Å²) in [6.45, 7) is 3.96. The van der Waals surface area contributed by atoms with Crippen LogP contribution in [0.25, 0.3) is 0 Å². The molecule has 5 nitrogen and oxygen atoms in total. The first-order chi connectivity index (χ1) is 6.93. The summed E-state index contributed by atoms with van der Waals surface area (Å²) in [7, 11) is -1.77. The molecule has 0 amide bonds. The van der Waals surface area contributed by atoms with E-state index in [2.05, 4.69) is 4.72 Å². The predicted octanol–water partition coefficient (Wildman–Crippen LogP) is -0.0408. The van der Waals surface area contributed by atoms with E-state index in [0.29, 0.717) is 13.0 Å². The van der Waals surface area contributed by atoms with Crippen molar-refractivity contribution < 1.29 is 18.3 Å². The summed E-state index contributed by atoms with van der Waals surface area (Å²) in [5.74, 6) is 0.108. The molecule has 2 N–H and O–H groups in total. The molecule has 0 unspecified atom stereocenters. The van der Waals surface area contributed by atoms with Gasteiger partial charge in [0, 0.05) is 19.8 Å². The monoisotopic (exact) mass is 239 g/mol. The summed E-state index contributed by atoms with van der Waals surface area (Å²) >= 11 is 0. The van der Waals surface area contributed by atoms with Crippen LogP contribution in [0.5, 0.6) is 0 Å². The van der Waals surface area contributed by atoms with Gasteiger partial charge in [0.2, 0.25) is 10.0 Å². The molecule has 0 aromatic carbocycles. The first-order valence-electron chi connectivity index (χ1n) is 5.02. The Kier molecular flexibility index (Phi) is 7.08. The first kappa shape index (κ1) is 14.8. The zero-order valence-electron chi connectivity index (χ0n) is 9.56. The number of nitrogens with one attached hydrogen (secondary N) is 1. The molecule has 6 heteroatoms. The lowest BCUT2D eigenvalue weighted by Gasteiger charge is -2.19. The highest BCUT2D eigenvalue weighted by Gasteiger charge is 2.19. The number of rotatable bonds is 8. The van der Waals surface area contributed by atoms with Crippen molar-refractivity contribution in [2.45, 2.75) is 26.3 Å². The van der Waals surface area contributed by atoms with Crippen molar-refractivity contribution in [1.29, 1.82) is 0 Å². The van der Waals surface area contributed by atoms with E-state index in [1.165, 1.54) is 7.11 Å². The van der Waals surface area contributed by atoms with Crippen molar-refractivity contribution in [2.75, 3.05) is 26.1 Å². The highest BCUT2D eigenvalue weighted by atomic mass is 32.2. The molecule has 92 valence electrons. The van der Waals surface area contributed by atoms with Crippen LogP contribution in [0.1, 0.15) is 20.3 Å². The SMILES string of the molecule is COCCCS(=O)(=O)N[C@H](CO)C(C)C. The van der Waals surface area contributed by atoms with E-state index in [9.17, 15) is 8.42 Å². The topological polar surface area (TPSA) is 75.6 Å². The highest BCUT2D eigenvalue weighted by Crippen LogP contribution is 2.03. The third-order valence-electron chi connectivity index (χ3n) is 2.09. The second-order valence-corrected chi connectivity index (χ2v) is 5.69. The standard InChI is InChI=1S/C9H21NO4S/c1-8(2)9(7-11)10-15(12,13)6-4-5-14-3/h8-11H,4-7H2,1-3H3/t9-/m1/s1. The van der Waals surface area contributed by atoms with Crippen LogP contribution in [0.15, 0.2) is 0 Å². The lowest BCUT2D eigenvalue weighted by molar-refractivity contribution is 0.199. The Morgan fingerprint density at radius 1 is 1.40 bits per heavy atom. The van der Waals surface area contributed by atoms with Gasteiger partial charge in [0.05, 0.1) is 12.4 Å². The van der Waals surface area contributed by atoms with Crippen LogP contribution in [0.4, 0.5) is 0 Å². The van der Waals surface area contributed by atoms with E-state index < -0.39 is 16.1 Å². The molecule has 0 rings (SSSR count). The van der Waals surface area contributed by atoms with Gasteiger partial charge in [-0.25, -0.2) is 13.1 Å². The minimum atomic E-state index is -3.30. The molecule has 0 aliphatic carbocycles. The Hall–Kier alpha value is -0.170. The molecule has 0 radical (unpaired) electrons. The third-order valence-corrected chi connectivity index (χ3v) is 3.58. The van der Waals surface area contributed by atoms with Gasteiger partial charge in [-0.3, -0.25) is 0 Å². The first-order valence-corrected chi connectivity index (χ1v) is 6.68. The maximum Gasteiger partial charge on any atom is 0.212 e. The van der Waals surface area contributed by atoms with Crippen molar-refractivity contribution in [3.8, 4) is 0 Å². The van der Waals surface area contributed by atoms with Crippen molar-refractivity contribution in [3.05, 3.63) is 0 Å². The Morgan fingerprint density at radius 2 is 2.00 bits per heavy atom. The van der Waals surface area contributed by atoms with Crippen LogP contribution >= 0.6 is 0 Å². The van der Waals surface area contributed by atoms with Crippen molar-refractivity contribution in [1.82, 2.24) is 4.72 Å². The number of aliphatic hydroxyl groups excluding tert-OH is 1. The molecule has 0 saturated heterocycles. The molecule has 0 aromatic heterocycles. The Morgan fingerprint density at radius 3 is 2.40 bits per heavy atom. The summed E-state index contributed by atoms with van der Waals surface area (Å²) < 4.78 is 30.2. The molecule has 1 atom stereocenters. The van der Waals surface area contributed by atoms with Crippen molar-refractivity contribution >= 4 is 10.0 Å². The van der Waals surface area contributed by atoms with Crippen molar-refractivity contribution in [2.24, 2.45) is 5.92 Å². The predicted molar refractivity (Wildman–Crippen MR) is 59.1 cm³/mol. The zero-order valence-corrected chi connectivity index (χ0v) is 10.4. The van der Waals surface area contributed by atoms with Gasteiger partial charge >= 0.3 is 0 Å². The Balaban J connectivity index is 4.11. The molecule has 0 aliphatic heterocycles. The Labute approximate surface area is 91.9 Å². The van der Waals surface area contributed by atoms with Crippen LogP contribution in [0.2, 0.25) is 0 Å². The largest absolute Gasteiger partial charge is 0.395 e. The second kappa shape index (κ2) is 7.16. The van der Waals surface area contributed by atoms with E-state index >= 15 is 0 Å². The number of methoxy groups -OCH3 is 1. The maximum atomic E-state index is 11.5. The van der Waals surface area contributed by atoms with Gasteiger partial charge in [0.1, 0.15) is 0 Å². The smallest absolute Gasteiger partial charge is 0.212 e. The lowest BCUT2D eigenvalue weighted by Crippen LogP contribution is -2.42. The molecule has 0 saturated carbocycles. The summed E-state index contributed by atoms with van der Waals surface area (Å²) in [5, 5.41) is 8.98. The van der Waals surface area contributed by atoms with Gasteiger partial charge in [0.25, 0.3) is 0 Å². The second-order valence-electron chi connectivity index (χ2n) is 3.82. The molecule has 0 spiro atoms. The quantitative estimate of drug-likeness (QED) is 0.583. The molecule has 0 aromatic rings. The lowest BCUT2D eigenvalue weighted by atomic mass is 10.1. The van der Waals surface area contributed by atoms with E-state index in [4.69, 9.17) is 9.84 Å². The number of aliphatic hydroxyl groups is 1. The summed E-state index contributed by atoms with van der Waals surface area (Å²) in [6.07, 6.45) is 0.460. The molecule has 0 fully saturated rings. The van der Waals surface area contributed by atoms with Crippen LogP contribution in [0, 0.1) is 5.92 Å². The molecule has 0 bridgehead atoms. The number of hydrogen-bond donors (Lipinski definition) is 2. The summed E-state index contributed by atoms with van der Waals surface area (Å²) in [4.78, 5) is 0. The van der Waals surface area contributed by atoms with E-state index in [1.54, 1.807) is 0 Å². The normalized spacial score (nSPS) is 14.5. The van der Waals surface area contributed by atoms with Gasteiger partial charge in [-0.15, -0.1) is 0 Å². The maximum absolute atomic E-state index is 11.5. The fourth-order valence-corrected chi connectivity index (χ4v) is 2.49. The molecule has 0 heterocycles. The average Bonchev–Trinajstić information content (AvgIpc) is 2.14. The molecular weight excluding hydrogens is 218 g/mol. The van der Waals surface area contributed by atoms with Crippen LogP contribution in [-0.2, 0) is 14.8 Å². The van der Waals surface area contributed by atoms with E-state index in [-0.39, 0.29) is 18.3 Å². The van der Waals surface area contributed by atoms with Gasteiger partial charge in [-0.05, 0) is 12.3 Å².